The predicted molar refractivity (Wildman–Crippen MR) is 23.7 cm³/mol. The minimum Gasteiger partial charge on any atom is -0.390 e. The second-order valence-corrected chi connectivity index (χ2v) is 1.60. The lowest BCUT2D eigenvalue weighted by molar-refractivity contribution is -0.128. The summed E-state index contributed by atoms with van der Waals surface area (Å²) < 4.78 is 23.6. The van der Waals surface area contributed by atoms with Crippen molar-refractivity contribution in [3.8, 4) is 0 Å². The molecule has 0 saturated heterocycles. The Bertz CT molecular complexity index is 72.4. The first-order valence-corrected chi connectivity index (χ1v) is 2.17. The molecule has 1 unspecified atom stereocenters. The number of aliphatic hydroxyl groups is 2. The van der Waals surface area contributed by atoms with E-state index in [1.54, 1.807) is 0 Å². The van der Waals surface area contributed by atoms with E-state index in [0.29, 0.717) is 0 Å². The molecule has 0 rings (SSSR count). The van der Waals surface area contributed by atoms with Crippen LogP contribution in [0.15, 0.2) is 0 Å². The molecule has 0 aliphatic heterocycles. The van der Waals surface area contributed by atoms with Gasteiger partial charge in [0.25, 0.3) is 5.92 Å². The van der Waals surface area contributed by atoms with Crippen LogP contribution in [0.5, 0.6) is 0 Å². The standard InChI is InChI=1S/C4H8F2O2/c1-3(8)4(5,6)2-7/h3,7-8H,2H2,1H3. The lowest BCUT2D eigenvalue weighted by Crippen LogP contribution is -2.34. The van der Waals surface area contributed by atoms with Gasteiger partial charge in [0.1, 0.15) is 12.7 Å². The summed E-state index contributed by atoms with van der Waals surface area (Å²) in [5.74, 6) is -3.35. The minimum atomic E-state index is -3.35. The van der Waals surface area contributed by atoms with Gasteiger partial charge in [-0.25, -0.2) is 8.78 Å². The van der Waals surface area contributed by atoms with Gasteiger partial charge in [-0.15, -0.1) is 0 Å². The number of alkyl halides is 2. The summed E-state index contributed by atoms with van der Waals surface area (Å²) in [5, 5.41) is 16.0. The average molecular weight is 126 g/mol. The Balaban J connectivity index is 3.71. The van der Waals surface area contributed by atoms with Crippen molar-refractivity contribution in [1.82, 2.24) is 0 Å². The van der Waals surface area contributed by atoms with E-state index in [1.807, 2.05) is 0 Å². The van der Waals surface area contributed by atoms with Gasteiger partial charge in [0.2, 0.25) is 0 Å². The van der Waals surface area contributed by atoms with Crippen LogP contribution >= 0.6 is 0 Å². The molecule has 0 bridgehead atoms. The molecule has 0 radical (unpaired) electrons. The summed E-state index contributed by atoms with van der Waals surface area (Å²) in [6.45, 7) is -0.374. The van der Waals surface area contributed by atoms with Crippen LogP contribution in [0.3, 0.4) is 0 Å². The number of hydrogen-bond acceptors (Lipinski definition) is 2. The van der Waals surface area contributed by atoms with E-state index >= 15 is 0 Å². The van der Waals surface area contributed by atoms with Crippen molar-refractivity contribution >= 4 is 0 Å². The van der Waals surface area contributed by atoms with Crippen LogP contribution < -0.4 is 0 Å². The topological polar surface area (TPSA) is 40.5 Å². The SMILES string of the molecule is CC(O)C(F)(F)CO. The Hall–Kier alpha value is -0.220. The van der Waals surface area contributed by atoms with Crippen LogP contribution in [0.1, 0.15) is 6.92 Å². The molecular weight excluding hydrogens is 118 g/mol. The molecule has 0 aromatic carbocycles. The van der Waals surface area contributed by atoms with Crippen LogP contribution in [0.2, 0.25) is 0 Å². The molecule has 2 nitrogen and oxygen atoms in total. The van der Waals surface area contributed by atoms with Gasteiger partial charge in [-0.3, -0.25) is 0 Å². The summed E-state index contributed by atoms with van der Waals surface area (Å²) in [4.78, 5) is 0. The summed E-state index contributed by atoms with van der Waals surface area (Å²) in [6, 6.07) is 0. The van der Waals surface area contributed by atoms with Gasteiger partial charge in [0.15, 0.2) is 0 Å². The molecule has 0 aliphatic rings. The highest BCUT2D eigenvalue weighted by Crippen LogP contribution is 2.16. The Labute approximate surface area is 45.8 Å². The summed E-state index contributed by atoms with van der Waals surface area (Å²) in [7, 11) is 0. The molecule has 0 aromatic rings. The lowest BCUT2D eigenvalue weighted by Gasteiger charge is -2.14. The second-order valence-electron chi connectivity index (χ2n) is 1.60. The zero-order valence-electron chi connectivity index (χ0n) is 4.43. The molecular formula is C4H8F2O2. The molecule has 0 amide bonds. The zero-order chi connectivity index (χ0) is 6.78. The van der Waals surface area contributed by atoms with E-state index < -0.39 is 18.6 Å². The molecule has 2 N–H and O–H groups in total. The fourth-order valence-electron chi connectivity index (χ4n) is 0.132. The third-order valence-corrected chi connectivity index (χ3v) is 0.822. The smallest absolute Gasteiger partial charge is 0.295 e. The fourth-order valence-corrected chi connectivity index (χ4v) is 0.132. The molecule has 1 atom stereocenters. The molecule has 4 heteroatoms. The molecule has 8 heavy (non-hydrogen) atoms. The Morgan fingerprint density at radius 2 is 2.00 bits per heavy atom. The van der Waals surface area contributed by atoms with Crippen LogP contribution in [-0.4, -0.2) is 28.8 Å². The van der Waals surface area contributed by atoms with Crippen LogP contribution in [0.4, 0.5) is 8.78 Å². The highest BCUT2D eigenvalue weighted by Gasteiger charge is 2.33. The molecule has 0 fully saturated rings. The quantitative estimate of drug-likeness (QED) is 0.546. The Morgan fingerprint density at radius 3 is 2.00 bits per heavy atom. The fraction of sp³-hybridized carbons (Fsp3) is 1.00. The van der Waals surface area contributed by atoms with Crippen molar-refractivity contribution in [1.29, 1.82) is 0 Å². The van der Waals surface area contributed by atoms with Crippen molar-refractivity contribution in [2.75, 3.05) is 6.61 Å². The van der Waals surface area contributed by atoms with Crippen LogP contribution in [0.25, 0.3) is 0 Å². The first-order chi connectivity index (χ1) is 3.50. The van der Waals surface area contributed by atoms with Gasteiger partial charge in [-0.2, -0.15) is 0 Å². The first-order valence-electron chi connectivity index (χ1n) is 2.17. The van der Waals surface area contributed by atoms with Gasteiger partial charge in [0.05, 0.1) is 0 Å². The van der Waals surface area contributed by atoms with E-state index in [0.717, 1.165) is 6.92 Å². The number of aliphatic hydroxyl groups excluding tert-OH is 2. The summed E-state index contributed by atoms with van der Waals surface area (Å²) >= 11 is 0. The van der Waals surface area contributed by atoms with E-state index in [9.17, 15) is 8.78 Å². The predicted octanol–water partition coefficient (Wildman–Crippen LogP) is -0.00520. The maximum atomic E-state index is 11.8. The Kier molecular flexibility index (Phi) is 2.30. The summed E-state index contributed by atoms with van der Waals surface area (Å²) in [6.07, 6.45) is -1.77. The van der Waals surface area contributed by atoms with E-state index in [4.69, 9.17) is 10.2 Å². The van der Waals surface area contributed by atoms with Gasteiger partial charge >= 0.3 is 0 Å². The monoisotopic (exact) mass is 126 g/mol. The van der Waals surface area contributed by atoms with E-state index in [2.05, 4.69) is 0 Å². The number of rotatable bonds is 2. The maximum absolute atomic E-state index is 11.8. The number of hydrogen-bond donors (Lipinski definition) is 2. The van der Waals surface area contributed by atoms with Crippen LogP contribution in [0, 0.1) is 0 Å². The minimum absolute atomic E-state index is 0.927. The van der Waals surface area contributed by atoms with Crippen molar-refractivity contribution in [3.63, 3.8) is 0 Å². The van der Waals surface area contributed by atoms with Crippen molar-refractivity contribution in [2.45, 2.75) is 19.0 Å². The molecule has 50 valence electrons. The first kappa shape index (κ1) is 7.78. The number of halogens is 2. The zero-order valence-corrected chi connectivity index (χ0v) is 4.43. The normalized spacial score (nSPS) is 16.1. The lowest BCUT2D eigenvalue weighted by atomic mass is 10.2. The molecule has 0 saturated carbocycles. The molecule has 0 aromatic heterocycles. The maximum Gasteiger partial charge on any atom is 0.295 e. The third kappa shape index (κ3) is 1.71. The van der Waals surface area contributed by atoms with Crippen molar-refractivity contribution in [3.05, 3.63) is 0 Å². The largest absolute Gasteiger partial charge is 0.390 e. The van der Waals surface area contributed by atoms with E-state index in [-0.39, 0.29) is 0 Å². The summed E-state index contributed by atoms with van der Waals surface area (Å²) in [5.41, 5.74) is 0. The second kappa shape index (κ2) is 2.37. The molecule has 0 aliphatic carbocycles. The van der Waals surface area contributed by atoms with Gasteiger partial charge in [-0.05, 0) is 6.92 Å². The highest BCUT2D eigenvalue weighted by atomic mass is 19.3. The molecule has 0 spiro atoms. The average Bonchev–Trinajstić information content (AvgIpc) is 1.67. The van der Waals surface area contributed by atoms with E-state index in [1.165, 1.54) is 0 Å². The van der Waals surface area contributed by atoms with Gasteiger partial charge < -0.3 is 10.2 Å². The Morgan fingerprint density at radius 1 is 1.62 bits per heavy atom. The van der Waals surface area contributed by atoms with Gasteiger partial charge in [0, 0.05) is 0 Å². The third-order valence-electron chi connectivity index (χ3n) is 0.822. The highest BCUT2D eigenvalue weighted by molar-refractivity contribution is 4.69. The van der Waals surface area contributed by atoms with Gasteiger partial charge in [-0.1, -0.05) is 0 Å². The van der Waals surface area contributed by atoms with Crippen molar-refractivity contribution < 1.29 is 19.0 Å². The van der Waals surface area contributed by atoms with Crippen LogP contribution in [-0.2, 0) is 0 Å². The van der Waals surface area contributed by atoms with Crippen molar-refractivity contribution in [2.24, 2.45) is 0 Å². The molecule has 0 heterocycles.